The number of hydrogen-bond acceptors (Lipinski definition) is 4. The molecule has 0 aliphatic carbocycles. The smallest absolute Gasteiger partial charge is 0.287 e. The lowest BCUT2D eigenvalue weighted by Crippen LogP contribution is -2.21. The molecule has 5 nitrogen and oxygen atoms in total. The maximum Gasteiger partial charge on any atom is 0.287 e. The predicted molar refractivity (Wildman–Crippen MR) is 84.1 cm³/mol. The summed E-state index contributed by atoms with van der Waals surface area (Å²) in [4.78, 5) is 12.0. The zero-order valence-electron chi connectivity index (χ0n) is 12.7. The zero-order valence-corrected chi connectivity index (χ0v) is 12.7. The van der Waals surface area contributed by atoms with Crippen molar-refractivity contribution in [2.75, 3.05) is 0 Å². The third kappa shape index (κ3) is 3.83. The van der Waals surface area contributed by atoms with Crippen LogP contribution in [0.25, 0.3) is 0 Å². The number of carbonyl (C=O) groups is 1. The van der Waals surface area contributed by atoms with Crippen LogP contribution in [-0.2, 0) is 13.2 Å². The summed E-state index contributed by atoms with van der Waals surface area (Å²) in [6.45, 7) is 2.57. The highest BCUT2D eigenvalue weighted by Gasteiger charge is 2.12. The standard InChI is InChI=1S/C18H17NO4/c1-13-5-2-3-7-16(13)22-12-15-8-9-17(23-15)18(20)19-11-14-6-4-10-21-14/h2-10H,11-12H2,1H3,(H,19,20). The van der Waals surface area contributed by atoms with Gasteiger partial charge in [-0.25, -0.2) is 0 Å². The molecule has 0 radical (unpaired) electrons. The minimum absolute atomic E-state index is 0.250. The third-order valence-electron chi connectivity index (χ3n) is 3.35. The van der Waals surface area contributed by atoms with Crippen LogP contribution in [0.1, 0.15) is 27.6 Å². The molecule has 0 aliphatic rings. The zero-order chi connectivity index (χ0) is 16.1. The van der Waals surface area contributed by atoms with E-state index < -0.39 is 0 Å². The Morgan fingerprint density at radius 2 is 1.96 bits per heavy atom. The van der Waals surface area contributed by atoms with Crippen molar-refractivity contribution < 1.29 is 18.4 Å². The molecule has 0 saturated carbocycles. The highest BCUT2D eigenvalue weighted by molar-refractivity contribution is 5.91. The second-order valence-electron chi connectivity index (χ2n) is 5.08. The van der Waals surface area contributed by atoms with Gasteiger partial charge in [0, 0.05) is 0 Å². The van der Waals surface area contributed by atoms with Gasteiger partial charge in [-0.3, -0.25) is 4.79 Å². The number of rotatable bonds is 6. The van der Waals surface area contributed by atoms with Crippen molar-refractivity contribution in [1.82, 2.24) is 5.32 Å². The Balaban J connectivity index is 1.55. The molecule has 0 fully saturated rings. The molecule has 0 spiro atoms. The molecule has 2 aromatic heterocycles. The van der Waals surface area contributed by atoms with Gasteiger partial charge in [-0.1, -0.05) is 18.2 Å². The van der Waals surface area contributed by atoms with Crippen LogP contribution in [0.15, 0.2) is 63.6 Å². The van der Waals surface area contributed by atoms with Crippen LogP contribution >= 0.6 is 0 Å². The van der Waals surface area contributed by atoms with E-state index in [4.69, 9.17) is 13.6 Å². The monoisotopic (exact) mass is 311 g/mol. The van der Waals surface area contributed by atoms with E-state index >= 15 is 0 Å². The molecule has 0 aliphatic heterocycles. The first kappa shape index (κ1) is 15.0. The molecule has 1 aromatic carbocycles. The Labute approximate surface area is 133 Å². The molecule has 118 valence electrons. The van der Waals surface area contributed by atoms with E-state index in [1.165, 1.54) is 0 Å². The van der Waals surface area contributed by atoms with Gasteiger partial charge in [-0.15, -0.1) is 0 Å². The molecule has 0 saturated heterocycles. The van der Waals surface area contributed by atoms with Crippen molar-refractivity contribution in [2.45, 2.75) is 20.1 Å². The Morgan fingerprint density at radius 1 is 1.09 bits per heavy atom. The molecular weight excluding hydrogens is 294 g/mol. The van der Waals surface area contributed by atoms with Gasteiger partial charge in [-0.2, -0.15) is 0 Å². The molecular formula is C18H17NO4. The van der Waals surface area contributed by atoms with Crippen LogP contribution in [0.3, 0.4) is 0 Å². The van der Waals surface area contributed by atoms with E-state index in [9.17, 15) is 4.79 Å². The molecule has 1 amide bonds. The first-order valence-electron chi connectivity index (χ1n) is 7.30. The van der Waals surface area contributed by atoms with Crippen molar-refractivity contribution in [3.05, 3.63) is 77.6 Å². The van der Waals surface area contributed by atoms with E-state index in [2.05, 4.69) is 5.32 Å². The van der Waals surface area contributed by atoms with E-state index in [1.54, 1.807) is 30.5 Å². The highest BCUT2D eigenvalue weighted by atomic mass is 16.5. The molecule has 23 heavy (non-hydrogen) atoms. The van der Waals surface area contributed by atoms with Crippen molar-refractivity contribution in [1.29, 1.82) is 0 Å². The van der Waals surface area contributed by atoms with Crippen LogP contribution in [0, 0.1) is 6.92 Å². The summed E-state index contributed by atoms with van der Waals surface area (Å²) in [7, 11) is 0. The maximum absolute atomic E-state index is 12.0. The summed E-state index contributed by atoms with van der Waals surface area (Å²) in [5.74, 6) is 2.04. The normalized spacial score (nSPS) is 10.5. The number of benzene rings is 1. The number of carbonyl (C=O) groups excluding carboxylic acids is 1. The van der Waals surface area contributed by atoms with Crippen molar-refractivity contribution >= 4 is 5.91 Å². The summed E-state index contributed by atoms with van der Waals surface area (Å²) in [5.41, 5.74) is 1.05. The van der Waals surface area contributed by atoms with E-state index in [0.717, 1.165) is 11.3 Å². The molecule has 5 heteroatoms. The van der Waals surface area contributed by atoms with E-state index in [0.29, 0.717) is 18.1 Å². The van der Waals surface area contributed by atoms with Crippen LogP contribution < -0.4 is 10.1 Å². The number of furan rings is 2. The minimum atomic E-state index is -0.288. The van der Waals surface area contributed by atoms with Gasteiger partial charge in [0.15, 0.2) is 5.76 Å². The van der Waals surface area contributed by atoms with Crippen molar-refractivity contribution in [2.24, 2.45) is 0 Å². The lowest BCUT2D eigenvalue weighted by atomic mass is 10.2. The Morgan fingerprint density at radius 3 is 2.74 bits per heavy atom. The second kappa shape index (κ2) is 6.87. The topological polar surface area (TPSA) is 64.6 Å². The van der Waals surface area contributed by atoms with Crippen LogP contribution in [-0.4, -0.2) is 5.91 Å². The van der Waals surface area contributed by atoms with E-state index in [-0.39, 0.29) is 18.3 Å². The largest absolute Gasteiger partial charge is 0.485 e. The van der Waals surface area contributed by atoms with Crippen LogP contribution in [0.5, 0.6) is 5.75 Å². The molecule has 0 bridgehead atoms. The van der Waals surface area contributed by atoms with Gasteiger partial charge in [-0.05, 0) is 42.8 Å². The second-order valence-corrected chi connectivity index (χ2v) is 5.08. The number of amides is 1. The fourth-order valence-corrected chi connectivity index (χ4v) is 2.11. The summed E-state index contributed by atoms with van der Waals surface area (Å²) >= 11 is 0. The van der Waals surface area contributed by atoms with Gasteiger partial charge in [0.25, 0.3) is 5.91 Å². The first-order valence-corrected chi connectivity index (χ1v) is 7.30. The highest BCUT2D eigenvalue weighted by Crippen LogP contribution is 2.18. The van der Waals surface area contributed by atoms with Gasteiger partial charge in [0.1, 0.15) is 23.9 Å². The predicted octanol–water partition coefficient (Wildman–Crippen LogP) is 3.69. The summed E-state index contributed by atoms with van der Waals surface area (Å²) in [6, 6.07) is 14.7. The Bertz CT molecular complexity index is 774. The Kier molecular flexibility index (Phi) is 4.47. The molecule has 3 aromatic rings. The van der Waals surface area contributed by atoms with Gasteiger partial charge < -0.3 is 18.9 Å². The fraction of sp³-hybridized carbons (Fsp3) is 0.167. The lowest BCUT2D eigenvalue weighted by Gasteiger charge is -2.06. The maximum atomic E-state index is 12.0. The molecule has 3 rings (SSSR count). The minimum Gasteiger partial charge on any atom is -0.485 e. The summed E-state index contributed by atoms with van der Waals surface area (Å²) in [6.07, 6.45) is 1.56. The molecule has 1 N–H and O–H groups in total. The Hall–Kier alpha value is -2.95. The van der Waals surface area contributed by atoms with Crippen molar-refractivity contribution in [3.8, 4) is 5.75 Å². The number of ether oxygens (including phenoxy) is 1. The molecule has 2 heterocycles. The van der Waals surface area contributed by atoms with Gasteiger partial charge in [0.2, 0.25) is 0 Å². The number of nitrogens with one attached hydrogen (secondary N) is 1. The quantitative estimate of drug-likeness (QED) is 0.754. The van der Waals surface area contributed by atoms with Crippen molar-refractivity contribution in [3.63, 3.8) is 0 Å². The molecule has 0 unspecified atom stereocenters. The SMILES string of the molecule is Cc1ccccc1OCc1ccc(C(=O)NCc2ccco2)o1. The van der Waals surface area contributed by atoms with Crippen LogP contribution in [0.2, 0.25) is 0 Å². The first-order chi connectivity index (χ1) is 11.2. The number of aryl methyl sites for hydroxylation is 1. The summed E-state index contributed by atoms with van der Waals surface area (Å²) < 4.78 is 16.4. The number of para-hydroxylation sites is 1. The average molecular weight is 311 g/mol. The van der Waals surface area contributed by atoms with E-state index in [1.807, 2.05) is 31.2 Å². The fourth-order valence-electron chi connectivity index (χ4n) is 2.11. The third-order valence-corrected chi connectivity index (χ3v) is 3.35. The van der Waals surface area contributed by atoms with Gasteiger partial charge >= 0.3 is 0 Å². The van der Waals surface area contributed by atoms with Gasteiger partial charge in [0.05, 0.1) is 12.8 Å². The average Bonchev–Trinajstić information content (AvgIpc) is 3.23. The molecule has 0 atom stereocenters. The van der Waals surface area contributed by atoms with Crippen LogP contribution in [0.4, 0.5) is 0 Å². The lowest BCUT2D eigenvalue weighted by molar-refractivity contribution is 0.0916. The summed E-state index contributed by atoms with van der Waals surface area (Å²) in [5, 5.41) is 2.73. The number of hydrogen-bond donors (Lipinski definition) is 1.